The number of ether oxygens (including phenoxy) is 1. The molecule has 0 aliphatic rings. The van der Waals surface area contributed by atoms with Crippen molar-refractivity contribution in [2.45, 2.75) is 20.0 Å². The number of aryl methyl sites for hydroxylation is 1. The van der Waals surface area contributed by atoms with Gasteiger partial charge >= 0.3 is 0 Å². The highest BCUT2D eigenvalue weighted by molar-refractivity contribution is 9.10. The van der Waals surface area contributed by atoms with Crippen LogP contribution in [0.15, 0.2) is 40.1 Å². The van der Waals surface area contributed by atoms with Gasteiger partial charge in [0.25, 0.3) is 0 Å². The molecule has 2 aromatic heterocycles. The van der Waals surface area contributed by atoms with E-state index in [0.29, 0.717) is 12.4 Å². The highest BCUT2D eigenvalue weighted by Crippen LogP contribution is 2.16. The Hall–Kier alpha value is -2.02. The summed E-state index contributed by atoms with van der Waals surface area (Å²) in [6, 6.07) is 5.99. The van der Waals surface area contributed by atoms with Crippen LogP contribution >= 0.6 is 15.9 Å². The Kier molecular flexibility index (Phi) is 6.66. The molecule has 0 bridgehead atoms. The Bertz CT molecular complexity index is 698. The summed E-state index contributed by atoms with van der Waals surface area (Å²) in [4.78, 5) is 11.0. The van der Waals surface area contributed by atoms with Crippen molar-refractivity contribution in [1.82, 2.24) is 19.8 Å². The first-order valence-corrected chi connectivity index (χ1v) is 8.62. The summed E-state index contributed by atoms with van der Waals surface area (Å²) in [7, 11) is 5.70. The minimum absolute atomic E-state index is 0.514. The van der Waals surface area contributed by atoms with Crippen molar-refractivity contribution in [2.24, 2.45) is 12.0 Å². The van der Waals surface area contributed by atoms with Crippen LogP contribution in [0.25, 0.3) is 0 Å². The zero-order valence-corrected chi connectivity index (χ0v) is 16.2. The number of halogens is 1. The number of hydrogen-bond donors (Lipinski definition) is 1. The van der Waals surface area contributed by atoms with Gasteiger partial charge in [-0.05, 0) is 35.0 Å². The van der Waals surface area contributed by atoms with Crippen molar-refractivity contribution >= 4 is 21.9 Å². The number of nitrogens with one attached hydrogen (secondary N) is 1. The van der Waals surface area contributed by atoms with Crippen molar-refractivity contribution in [2.75, 3.05) is 20.7 Å². The van der Waals surface area contributed by atoms with Crippen LogP contribution in [0, 0.1) is 0 Å². The van der Waals surface area contributed by atoms with E-state index in [-0.39, 0.29) is 0 Å². The molecule has 0 aliphatic heterocycles. The molecule has 0 aromatic carbocycles. The van der Waals surface area contributed by atoms with Crippen LogP contribution in [0.3, 0.4) is 0 Å². The molecule has 0 atom stereocenters. The molecule has 6 nitrogen and oxygen atoms in total. The summed E-state index contributed by atoms with van der Waals surface area (Å²) >= 11 is 3.51. The first kappa shape index (κ1) is 18.3. The molecule has 0 aliphatic carbocycles. The molecule has 0 amide bonds. The molecule has 2 heterocycles. The minimum Gasteiger partial charge on any atom is -0.481 e. The maximum atomic E-state index is 5.29. The van der Waals surface area contributed by atoms with E-state index in [1.54, 1.807) is 13.3 Å². The van der Waals surface area contributed by atoms with Crippen LogP contribution in [0.2, 0.25) is 0 Å². The Morgan fingerprint density at radius 2 is 2.29 bits per heavy atom. The van der Waals surface area contributed by atoms with E-state index < -0.39 is 0 Å². The molecule has 2 aromatic rings. The lowest BCUT2D eigenvalue weighted by atomic mass is 10.3. The molecular weight excluding hydrogens is 370 g/mol. The van der Waals surface area contributed by atoms with Gasteiger partial charge in [-0.1, -0.05) is 6.07 Å². The lowest BCUT2D eigenvalue weighted by molar-refractivity contribution is 0.392. The van der Waals surface area contributed by atoms with Crippen molar-refractivity contribution in [3.8, 4) is 5.88 Å². The number of aromatic nitrogens is 2. The molecule has 0 fully saturated rings. The predicted molar refractivity (Wildman–Crippen MR) is 100 cm³/mol. The van der Waals surface area contributed by atoms with Crippen LogP contribution < -0.4 is 10.1 Å². The second kappa shape index (κ2) is 8.73. The summed E-state index contributed by atoms with van der Waals surface area (Å²) < 4.78 is 8.47. The average molecular weight is 394 g/mol. The van der Waals surface area contributed by atoms with Gasteiger partial charge in [-0.2, -0.15) is 0 Å². The maximum Gasteiger partial charge on any atom is 0.218 e. The van der Waals surface area contributed by atoms with E-state index in [9.17, 15) is 0 Å². The fourth-order valence-corrected chi connectivity index (χ4v) is 2.97. The molecule has 7 heteroatoms. The molecule has 0 saturated heterocycles. The van der Waals surface area contributed by atoms with Crippen LogP contribution in [0.1, 0.15) is 18.2 Å². The quantitative estimate of drug-likeness (QED) is 0.605. The highest BCUT2D eigenvalue weighted by Gasteiger charge is 2.10. The van der Waals surface area contributed by atoms with Gasteiger partial charge in [0.1, 0.15) is 0 Å². The van der Waals surface area contributed by atoms with E-state index in [1.165, 1.54) is 5.69 Å². The second-order valence-electron chi connectivity index (χ2n) is 5.46. The molecule has 0 radical (unpaired) electrons. The number of guanidine groups is 1. The van der Waals surface area contributed by atoms with Crippen LogP contribution in [-0.2, 0) is 20.1 Å². The van der Waals surface area contributed by atoms with E-state index in [0.717, 1.165) is 29.1 Å². The summed E-state index contributed by atoms with van der Waals surface area (Å²) in [5.74, 6) is 1.46. The van der Waals surface area contributed by atoms with E-state index in [4.69, 9.17) is 9.73 Å². The molecule has 2 rings (SSSR count). The van der Waals surface area contributed by atoms with Gasteiger partial charge in [0.15, 0.2) is 5.96 Å². The Labute approximate surface area is 151 Å². The SMILES string of the molecule is CCNC(=NCc1cccnc1OC)N(C)Cc1cc(Br)cn1C. The van der Waals surface area contributed by atoms with Gasteiger partial charge in [0.2, 0.25) is 5.88 Å². The largest absolute Gasteiger partial charge is 0.481 e. The number of rotatable bonds is 6. The fourth-order valence-electron chi connectivity index (χ4n) is 2.40. The van der Waals surface area contributed by atoms with Gasteiger partial charge in [0, 0.05) is 48.8 Å². The topological polar surface area (TPSA) is 54.7 Å². The number of nitrogens with zero attached hydrogens (tertiary/aromatic N) is 4. The number of aliphatic imine (C=N–C) groups is 1. The molecule has 130 valence electrons. The Morgan fingerprint density at radius 3 is 2.92 bits per heavy atom. The van der Waals surface area contributed by atoms with Crippen LogP contribution in [0.5, 0.6) is 5.88 Å². The van der Waals surface area contributed by atoms with Crippen molar-refractivity contribution in [3.05, 3.63) is 46.3 Å². The zero-order valence-electron chi connectivity index (χ0n) is 14.6. The number of pyridine rings is 1. The predicted octanol–water partition coefficient (Wildman–Crippen LogP) is 2.79. The monoisotopic (exact) mass is 393 g/mol. The summed E-state index contributed by atoms with van der Waals surface area (Å²) in [6.45, 7) is 4.15. The smallest absolute Gasteiger partial charge is 0.218 e. The first-order chi connectivity index (χ1) is 11.5. The average Bonchev–Trinajstić information content (AvgIpc) is 2.88. The standard InChI is InChI=1S/C17H24BrN5O/c1-5-19-17(21-10-13-7-6-8-20-16(13)24-4)23(3)12-15-9-14(18)11-22(15)2/h6-9,11H,5,10,12H2,1-4H3,(H,19,21). The lowest BCUT2D eigenvalue weighted by Crippen LogP contribution is -2.38. The highest BCUT2D eigenvalue weighted by atomic mass is 79.9. The van der Waals surface area contributed by atoms with Crippen molar-refractivity contribution in [1.29, 1.82) is 0 Å². The van der Waals surface area contributed by atoms with Crippen LogP contribution in [-0.4, -0.2) is 41.1 Å². The molecule has 1 N–H and O–H groups in total. The van der Waals surface area contributed by atoms with Gasteiger partial charge < -0.3 is 19.5 Å². The van der Waals surface area contributed by atoms with Gasteiger partial charge in [-0.3, -0.25) is 0 Å². The first-order valence-electron chi connectivity index (χ1n) is 7.83. The number of methoxy groups -OCH3 is 1. The summed E-state index contributed by atoms with van der Waals surface area (Å²) in [5.41, 5.74) is 2.17. The van der Waals surface area contributed by atoms with Crippen LogP contribution in [0.4, 0.5) is 0 Å². The van der Waals surface area contributed by atoms with Gasteiger partial charge in [0.05, 0.1) is 20.2 Å². The van der Waals surface area contributed by atoms with Gasteiger partial charge in [-0.15, -0.1) is 0 Å². The minimum atomic E-state index is 0.514. The molecular formula is C17H24BrN5O. The summed E-state index contributed by atoms with van der Waals surface area (Å²) in [5, 5.41) is 3.33. The van der Waals surface area contributed by atoms with Crippen molar-refractivity contribution < 1.29 is 4.74 Å². The molecule has 0 spiro atoms. The zero-order chi connectivity index (χ0) is 17.5. The van der Waals surface area contributed by atoms with E-state index in [2.05, 4.69) is 48.7 Å². The fraction of sp³-hybridized carbons (Fsp3) is 0.412. The van der Waals surface area contributed by atoms with Crippen molar-refractivity contribution in [3.63, 3.8) is 0 Å². The van der Waals surface area contributed by atoms with E-state index in [1.807, 2.05) is 32.4 Å². The Balaban J connectivity index is 2.13. The summed E-state index contributed by atoms with van der Waals surface area (Å²) in [6.07, 6.45) is 3.77. The maximum absolute atomic E-state index is 5.29. The van der Waals surface area contributed by atoms with Gasteiger partial charge in [-0.25, -0.2) is 9.98 Å². The third kappa shape index (κ3) is 4.74. The molecule has 0 saturated carbocycles. The molecule has 0 unspecified atom stereocenters. The van der Waals surface area contributed by atoms with E-state index >= 15 is 0 Å². The number of hydrogen-bond acceptors (Lipinski definition) is 3. The third-order valence-electron chi connectivity index (χ3n) is 3.61. The lowest BCUT2D eigenvalue weighted by Gasteiger charge is -2.22. The normalized spacial score (nSPS) is 11.5. The Morgan fingerprint density at radius 1 is 1.50 bits per heavy atom. The third-order valence-corrected chi connectivity index (χ3v) is 4.05. The second-order valence-corrected chi connectivity index (χ2v) is 6.37. The molecule has 24 heavy (non-hydrogen) atoms.